The fraction of sp³-hybridized carbons (Fsp3) is 0. The van der Waals surface area contributed by atoms with E-state index in [4.69, 9.17) is 0 Å². The molecule has 0 saturated carbocycles. The van der Waals surface area contributed by atoms with Crippen molar-refractivity contribution in [1.29, 1.82) is 0 Å². The third kappa shape index (κ3) is 19.6. The first kappa shape index (κ1) is 44.3. The van der Waals surface area contributed by atoms with E-state index >= 15 is 0 Å². The Bertz CT molecular complexity index is 6.85. The van der Waals surface area contributed by atoms with Crippen LogP contribution in [0, 0.1) is 0 Å². The summed E-state index contributed by atoms with van der Waals surface area (Å²) in [5.41, 5.74) is 0. The van der Waals surface area contributed by atoms with Crippen molar-refractivity contribution in [1.82, 2.24) is 0 Å². The molecule has 0 aromatic carbocycles. The predicted octanol–water partition coefficient (Wildman–Crippen LogP) is -1.53. The molecule has 0 aliphatic carbocycles. The van der Waals surface area contributed by atoms with Gasteiger partial charge in [0, 0.05) is 93.1 Å². The molecule has 0 nitrogen and oxygen atoms in total. The molecule has 0 atom stereocenters. The molecule has 0 heterocycles. The fourth-order valence-corrected chi connectivity index (χ4v) is 0. The van der Waals surface area contributed by atoms with Gasteiger partial charge in [0.15, 0.2) is 0 Å². The second-order valence-electron chi connectivity index (χ2n) is 0. The van der Waals surface area contributed by atoms with Crippen LogP contribution >= 0.6 is 0 Å². The first-order chi connectivity index (χ1) is 0. The average molecular weight is 360 g/mol. The van der Waals surface area contributed by atoms with Crippen LogP contribution in [0.3, 0.4) is 0 Å². The van der Waals surface area contributed by atoms with Gasteiger partial charge in [0.05, 0.1) is 0 Å². The standard InChI is InChI=1S/3As.Ga.Zn. The van der Waals surface area contributed by atoms with Gasteiger partial charge < -0.3 is 0 Å². The summed E-state index contributed by atoms with van der Waals surface area (Å²) >= 11 is 0. The van der Waals surface area contributed by atoms with Crippen LogP contribution in [0.1, 0.15) is 0 Å². The molecular formula is As3GaZn. The van der Waals surface area contributed by atoms with Gasteiger partial charge in [0.2, 0.25) is 0 Å². The van der Waals surface area contributed by atoms with Crippen molar-refractivity contribution < 1.29 is 19.5 Å². The monoisotopic (exact) mass is 358 g/mol. The van der Waals surface area contributed by atoms with Crippen LogP contribution in [0.15, 0.2) is 0 Å². The molecule has 0 amide bonds. The van der Waals surface area contributed by atoms with E-state index in [1.165, 1.54) is 0 Å². The summed E-state index contributed by atoms with van der Waals surface area (Å²) in [4.78, 5) is 0. The number of hydrogen-bond acceptors (Lipinski definition) is 0. The quantitative estimate of drug-likeness (QED) is 0.461. The van der Waals surface area contributed by atoms with Crippen molar-refractivity contribution >= 4 is 73.7 Å². The van der Waals surface area contributed by atoms with Gasteiger partial charge in [-0.3, -0.25) is 0 Å². The molecule has 0 aliphatic rings. The molecule has 0 aromatic rings. The van der Waals surface area contributed by atoms with Gasteiger partial charge in [-0.05, 0) is 0 Å². The summed E-state index contributed by atoms with van der Waals surface area (Å²) in [6.07, 6.45) is 0. The zero-order valence-corrected chi connectivity index (χ0v) is 13.6. The molecule has 20 valence electrons. The Balaban J connectivity index is 0. The maximum Gasteiger partial charge on any atom is 0 e. The largest absolute Gasteiger partial charge is 0 e. The van der Waals surface area contributed by atoms with Crippen molar-refractivity contribution in [2.24, 2.45) is 0 Å². The van der Waals surface area contributed by atoms with Gasteiger partial charge in [-0.2, -0.15) is 0 Å². The Morgan fingerprint density at radius 1 is 0.600 bits per heavy atom. The topological polar surface area (TPSA) is 0 Å². The van der Waals surface area contributed by atoms with Gasteiger partial charge in [-0.1, -0.05) is 0 Å². The summed E-state index contributed by atoms with van der Waals surface area (Å²) in [7, 11) is 0. The second kappa shape index (κ2) is 28.4. The molecule has 0 saturated heterocycles. The van der Waals surface area contributed by atoms with Crippen molar-refractivity contribution in [3.05, 3.63) is 0 Å². The smallest absolute Gasteiger partial charge is 0 e. The first-order valence-corrected chi connectivity index (χ1v) is 0. The van der Waals surface area contributed by atoms with Crippen LogP contribution in [0.25, 0.3) is 0 Å². The summed E-state index contributed by atoms with van der Waals surface area (Å²) in [5.74, 6) is 0. The predicted molar refractivity (Wildman–Crippen MR) is 23.0 cm³/mol. The first-order valence-electron chi connectivity index (χ1n) is 0. The Kier molecular flexibility index (Phi) is 251. The van der Waals surface area contributed by atoms with Crippen LogP contribution < -0.4 is 0 Å². The Hall–Kier alpha value is 2.94. The summed E-state index contributed by atoms with van der Waals surface area (Å²) < 4.78 is 0. The van der Waals surface area contributed by atoms with Gasteiger partial charge in [0.25, 0.3) is 0 Å². The molecule has 0 N–H and O–H groups in total. The molecule has 5 heteroatoms. The van der Waals surface area contributed by atoms with E-state index in [0.29, 0.717) is 0 Å². The van der Waals surface area contributed by atoms with Crippen LogP contribution in [0.5, 0.6) is 0 Å². The third-order valence-electron chi connectivity index (χ3n) is 0. The molecule has 0 rings (SSSR count). The van der Waals surface area contributed by atoms with Crippen molar-refractivity contribution in [3.63, 3.8) is 0 Å². The van der Waals surface area contributed by atoms with E-state index in [-0.39, 0.29) is 93.1 Å². The molecule has 0 unspecified atom stereocenters. The van der Waals surface area contributed by atoms with Crippen LogP contribution in [-0.2, 0) is 19.5 Å². The van der Waals surface area contributed by atoms with E-state index in [1.54, 1.807) is 0 Å². The van der Waals surface area contributed by atoms with E-state index in [9.17, 15) is 0 Å². The third-order valence-corrected chi connectivity index (χ3v) is 0. The van der Waals surface area contributed by atoms with Gasteiger partial charge in [-0.25, -0.2) is 0 Å². The Labute approximate surface area is 91.7 Å². The normalized spacial score (nSPS) is 0. The van der Waals surface area contributed by atoms with Gasteiger partial charge >= 0.3 is 0 Å². The SMILES string of the molecule is [As].[As].[As].[Ga].[Zn]. The minimum atomic E-state index is 0. The second-order valence-corrected chi connectivity index (χ2v) is 0. The minimum Gasteiger partial charge on any atom is 0 e. The van der Waals surface area contributed by atoms with E-state index in [2.05, 4.69) is 0 Å². The average Bonchev–Trinajstić information content (AvgIpc) is 0. The molecule has 12 radical (unpaired) electrons. The molecule has 0 spiro atoms. The van der Waals surface area contributed by atoms with Crippen LogP contribution in [0.2, 0.25) is 0 Å². The van der Waals surface area contributed by atoms with Gasteiger partial charge in [-0.15, -0.1) is 0 Å². The molecule has 0 aromatic heterocycles. The van der Waals surface area contributed by atoms with Crippen molar-refractivity contribution in [3.8, 4) is 0 Å². The number of hydrogen-bond donors (Lipinski definition) is 0. The molecular weight excluding hydrogens is 360 g/mol. The zero-order chi connectivity index (χ0) is 0. The van der Waals surface area contributed by atoms with Crippen LogP contribution in [-0.4, -0.2) is 73.7 Å². The molecule has 0 aliphatic heterocycles. The van der Waals surface area contributed by atoms with E-state index in [1.807, 2.05) is 0 Å². The van der Waals surface area contributed by atoms with Gasteiger partial charge in [0.1, 0.15) is 0 Å². The Morgan fingerprint density at radius 2 is 0.600 bits per heavy atom. The van der Waals surface area contributed by atoms with Crippen LogP contribution in [0.4, 0.5) is 0 Å². The minimum absolute atomic E-state index is 0. The summed E-state index contributed by atoms with van der Waals surface area (Å²) in [5, 5.41) is 0. The molecule has 0 fully saturated rings. The number of rotatable bonds is 0. The Morgan fingerprint density at radius 3 is 0.600 bits per heavy atom. The van der Waals surface area contributed by atoms with E-state index in [0.717, 1.165) is 0 Å². The summed E-state index contributed by atoms with van der Waals surface area (Å²) in [6.45, 7) is 0. The molecule has 0 bridgehead atoms. The molecule has 5 heavy (non-hydrogen) atoms. The maximum atomic E-state index is 0. The summed E-state index contributed by atoms with van der Waals surface area (Å²) in [6, 6.07) is 0. The maximum absolute atomic E-state index is 0. The zero-order valence-electron chi connectivity index (χ0n) is 2.63. The van der Waals surface area contributed by atoms with Crippen molar-refractivity contribution in [2.75, 3.05) is 0 Å². The van der Waals surface area contributed by atoms with Crippen molar-refractivity contribution in [2.45, 2.75) is 0 Å². The fourth-order valence-electron chi connectivity index (χ4n) is 0. The van der Waals surface area contributed by atoms with E-state index < -0.39 is 0 Å².